The number of aromatic nitrogens is 4. The molecule has 0 N–H and O–H groups in total. The molecule has 0 aliphatic carbocycles. The Hall–Kier alpha value is -2.83. The van der Waals surface area contributed by atoms with Gasteiger partial charge in [0.15, 0.2) is 11.2 Å². The van der Waals surface area contributed by atoms with Crippen molar-refractivity contribution in [1.82, 2.24) is 18.7 Å². The molecule has 4 rings (SSSR count). The first-order chi connectivity index (χ1) is 12.0. The van der Waals surface area contributed by atoms with Gasteiger partial charge in [0.05, 0.1) is 6.04 Å². The molecule has 1 atom stereocenters. The molecule has 7 heteroatoms. The molecule has 0 bridgehead atoms. The van der Waals surface area contributed by atoms with Gasteiger partial charge in [0, 0.05) is 27.2 Å². The number of benzene rings is 1. The van der Waals surface area contributed by atoms with Crippen molar-refractivity contribution in [2.45, 2.75) is 25.9 Å². The number of fused-ring (bicyclic) bond motifs is 3. The quantitative estimate of drug-likeness (QED) is 0.708. The standard InChI is InChI=1S/C18H21N5O2/c1-12(13-8-5-4-6-9-13)22-10-7-11-23-14-15(19-17(22)23)20(2)18(25)21(3)16(14)24/h4-6,8-9,12H,7,10-11H2,1-3H3. The van der Waals surface area contributed by atoms with Crippen LogP contribution in [0, 0.1) is 0 Å². The maximum atomic E-state index is 12.7. The minimum absolute atomic E-state index is 0.137. The zero-order chi connectivity index (χ0) is 17.7. The summed E-state index contributed by atoms with van der Waals surface area (Å²) in [6.45, 7) is 3.74. The van der Waals surface area contributed by atoms with E-state index in [1.165, 1.54) is 17.2 Å². The molecule has 3 heterocycles. The van der Waals surface area contributed by atoms with Gasteiger partial charge in [0.2, 0.25) is 5.95 Å². The highest BCUT2D eigenvalue weighted by Crippen LogP contribution is 2.31. The van der Waals surface area contributed by atoms with Crippen molar-refractivity contribution >= 4 is 17.1 Å². The maximum Gasteiger partial charge on any atom is 0.332 e. The van der Waals surface area contributed by atoms with E-state index in [1.54, 1.807) is 7.05 Å². The topological polar surface area (TPSA) is 65.1 Å². The van der Waals surface area contributed by atoms with Crippen molar-refractivity contribution < 1.29 is 0 Å². The summed E-state index contributed by atoms with van der Waals surface area (Å²) in [6, 6.07) is 10.4. The average molecular weight is 339 g/mol. The summed E-state index contributed by atoms with van der Waals surface area (Å²) in [5, 5.41) is 0. The Morgan fingerprint density at radius 2 is 1.76 bits per heavy atom. The van der Waals surface area contributed by atoms with E-state index in [0.717, 1.165) is 30.0 Å². The molecule has 0 amide bonds. The highest BCUT2D eigenvalue weighted by atomic mass is 16.2. The molecule has 0 radical (unpaired) electrons. The fourth-order valence-corrected chi connectivity index (χ4v) is 3.64. The van der Waals surface area contributed by atoms with Crippen LogP contribution in [-0.2, 0) is 20.6 Å². The van der Waals surface area contributed by atoms with Crippen LogP contribution in [0.5, 0.6) is 0 Å². The summed E-state index contributed by atoms with van der Waals surface area (Å²) in [5.74, 6) is 0.760. The monoisotopic (exact) mass is 339 g/mol. The Kier molecular flexibility index (Phi) is 3.52. The number of hydrogen-bond donors (Lipinski definition) is 0. The van der Waals surface area contributed by atoms with E-state index < -0.39 is 0 Å². The van der Waals surface area contributed by atoms with Crippen molar-refractivity contribution in [2.24, 2.45) is 14.1 Å². The molecule has 1 unspecified atom stereocenters. The number of rotatable bonds is 2. The highest BCUT2D eigenvalue weighted by Gasteiger charge is 2.28. The van der Waals surface area contributed by atoms with Gasteiger partial charge in [-0.15, -0.1) is 0 Å². The van der Waals surface area contributed by atoms with Crippen molar-refractivity contribution in [3.63, 3.8) is 0 Å². The predicted molar refractivity (Wildman–Crippen MR) is 97.0 cm³/mol. The Balaban J connectivity index is 1.94. The summed E-state index contributed by atoms with van der Waals surface area (Å²) >= 11 is 0. The first kappa shape index (κ1) is 15.7. The SMILES string of the molecule is CC(c1ccccc1)N1CCCn2c1nc1c2c(=O)n(C)c(=O)n1C. The van der Waals surface area contributed by atoms with Gasteiger partial charge in [-0.3, -0.25) is 13.9 Å². The van der Waals surface area contributed by atoms with Gasteiger partial charge in [-0.05, 0) is 18.9 Å². The Bertz CT molecular complexity index is 1060. The molecule has 0 fully saturated rings. The van der Waals surface area contributed by atoms with E-state index in [2.05, 4.69) is 28.9 Å². The summed E-state index contributed by atoms with van der Waals surface area (Å²) in [6.07, 6.45) is 0.932. The molecular weight excluding hydrogens is 318 g/mol. The Morgan fingerprint density at radius 3 is 2.48 bits per heavy atom. The largest absolute Gasteiger partial charge is 0.335 e. The molecule has 0 spiro atoms. The van der Waals surface area contributed by atoms with Crippen LogP contribution >= 0.6 is 0 Å². The molecule has 1 aromatic carbocycles. The third-order valence-electron chi connectivity index (χ3n) is 5.11. The number of nitrogens with zero attached hydrogens (tertiary/aromatic N) is 5. The lowest BCUT2D eigenvalue weighted by Gasteiger charge is -2.34. The third kappa shape index (κ3) is 2.22. The van der Waals surface area contributed by atoms with Crippen molar-refractivity contribution in [3.8, 4) is 0 Å². The van der Waals surface area contributed by atoms with Crippen LogP contribution < -0.4 is 16.1 Å². The van der Waals surface area contributed by atoms with Gasteiger partial charge in [-0.25, -0.2) is 4.79 Å². The minimum Gasteiger partial charge on any atom is -0.335 e. The Morgan fingerprint density at radius 1 is 1.04 bits per heavy atom. The third-order valence-corrected chi connectivity index (χ3v) is 5.11. The van der Waals surface area contributed by atoms with Crippen molar-refractivity contribution in [1.29, 1.82) is 0 Å². The van der Waals surface area contributed by atoms with Gasteiger partial charge in [-0.1, -0.05) is 30.3 Å². The second-order valence-electron chi connectivity index (χ2n) is 6.58. The van der Waals surface area contributed by atoms with E-state index in [9.17, 15) is 9.59 Å². The minimum atomic E-state index is -0.351. The number of anilines is 1. The van der Waals surface area contributed by atoms with Crippen LogP contribution in [0.3, 0.4) is 0 Å². The summed E-state index contributed by atoms with van der Waals surface area (Å²) in [4.78, 5) is 31.8. The van der Waals surface area contributed by atoms with E-state index in [1.807, 2.05) is 22.8 Å². The molecule has 0 saturated carbocycles. The van der Waals surface area contributed by atoms with Gasteiger partial charge < -0.3 is 9.47 Å². The number of imidazole rings is 1. The fourth-order valence-electron chi connectivity index (χ4n) is 3.64. The van der Waals surface area contributed by atoms with Crippen molar-refractivity contribution in [2.75, 3.05) is 11.4 Å². The van der Waals surface area contributed by atoms with Crippen LogP contribution in [0.15, 0.2) is 39.9 Å². The highest BCUT2D eigenvalue weighted by molar-refractivity contribution is 5.75. The average Bonchev–Trinajstić information content (AvgIpc) is 3.04. The first-order valence-electron chi connectivity index (χ1n) is 8.48. The molecule has 25 heavy (non-hydrogen) atoms. The second kappa shape index (κ2) is 5.61. The molecule has 1 aliphatic rings. The van der Waals surface area contributed by atoms with E-state index in [0.29, 0.717) is 11.2 Å². The molecule has 1 aliphatic heterocycles. The first-order valence-corrected chi connectivity index (χ1v) is 8.48. The van der Waals surface area contributed by atoms with Gasteiger partial charge in [0.25, 0.3) is 5.56 Å². The summed E-state index contributed by atoms with van der Waals surface area (Å²) < 4.78 is 4.56. The zero-order valence-corrected chi connectivity index (χ0v) is 14.6. The normalized spacial score (nSPS) is 15.4. The smallest absolute Gasteiger partial charge is 0.332 e. The molecule has 2 aromatic heterocycles. The molecule has 130 valence electrons. The lowest BCUT2D eigenvalue weighted by atomic mass is 10.1. The molecular formula is C18H21N5O2. The Labute approximate surface area is 144 Å². The van der Waals surface area contributed by atoms with Gasteiger partial charge in [0.1, 0.15) is 0 Å². The zero-order valence-electron chi connectivity index (χ0n) is 14.6. The second-order valence-corrected chi connectivity index (χ2v) is 6.58. The lowest BCUT2D eigenvalue weighted by Crippen LogP contribution is -2.38. The van der Waals surface area contributed by atoms with Crippen LogP contribution in [0.2, 0.25) is 0 Å². The van der Waals surface area contributed by atoms with E-state index in [4.69, 9.17) is 0 Å². The van der Waals surface area contributed by atoms with Crippen LogP contribution in [0.25, 0.3) is 11.2 Å². The van der Waals surface area contributed by atoms with Crippen LogP contribution in [0.4, 0.5) is 5.95 Å². The van der Waals surface area contributed by atoms with E-state index >= 15 is 0 Å². The van der Waals surface area contributed by atoms with Gasteiger partial charge >= 0.3 is 5.69 Å². The number of aryl methyl sites for hydroxylation is 2. The van der Waals surface area contributed by atoms with Gasteiger partial charge in [-0.2, -0.15) is 4.98 Å². The van der Waals surface area contributed by atoms with Crippen LogP contribution in [0.1, 0.15) is 24.9 Å². The summed E-state index contributed by atoms with van der Waals surface area (Å²) in [7, 11) is 3.17. The lowest BCUT2D eigenvalue weighted by molar-refractivity contribution is 0.525. The molecule has 0 saturated heterocycles. The number of hydrogen-bond acceptors (Lipinski definition) is 4. The fraction of sp³-hybridized carbons (Fsp3) is 0.389. The molecule has 3 aromatic rings. The molecule has 7 nitrogen and oxygen atoms in total. The maximum absolute atomic E-state index is 12.7. The summed E-state index contributed by atoms with van der Waals surface area (Å²) in [5.41, 5.74) is 1.52. The van der Waals surface area contributed by atoms with Crippen LogP contribution in [-0.4, -0.2) is 25.2 Å². The van der Waals surface area contributed by atoms with E-state index in [-0.39, 0.29) is 17.3 Å². The van der Waals surface area contributed by atoms with Crippen molar-refractivity contribution in [3.05, 3.63) is 56.7 Å². The predicted octanol–water partition coefficient (Wildman–Crippen LogP) is 1.40.